The molecule has 172 valence electrons. The van der Waals surface area contributed by atoms with Gasteiger partial charge in [0.15, 0.2) is 18.1 Å². The molecule has 7 nitrogen and oxygen atoms in total. The number of hydrogen-bond acceptors (Lipinski definition) is 5. The maximum Gasteiger partial charge on any atom is 0.335 e. The van der Waals surface area contributed by atoms with Gasteiger partial charge in [0.25, 0.3) is 5.91 Å². The fraction of sp³-hybridized carbons (Fsp3) is 0.115. The number of rotatable bonds is 9. The van der Waals surface area contributed by atoms with E-state index in [1.54, 1.807) is 42.5 Å². The quantitative estimate of drug-likeness (QED) is 0.279. The highest BCUT2D eigenvalue weighted by Crippen LogP contribution is 2.35. The fourth-order valence-electron chi connectivity index (χ4n) is 3.03. The van der Waals surface area contributed by atoms with Crippen LogP contribution in [-0.4, -0.2) is 30.2 Å². The van der Waals surface area contributed by atoms with E-state index in [1.165, 1.54) is 12.1 Å². The van der Waals surface area contributed by atoms with Gasteiger partial charge in [-0.05, 0) is 60.5 Å². The van der Waals surface area contributed by atoms with Gasteiger partial charge < -0.3 is 19.9 Å². The monoisotopic (exact) mass is 520 g/mol. The number of allylic oxidation sites excluding steroid dienone is 1. The highest BCUT2D eigenvalue weighted by atomic mass is 79.9. The summed E-state index contributed by atoms with van der Waals surface area (Å²) in [5.41, 5.74) is 2.39. The molecule has 3 rings (SSSR count). The lowest BCUT2D eigenvalue weighted by Crippen LogP contribution is -2.20. The number of carbonyl (C=O) groups excluding carboxylic acids is 1. The number of carboxylic acids is 1. The van der Waals surface area contributed by atoms with Crippen LogP contribution in [0.3, 0.4) is 0 Å². The molecule has 0 radical (unpaired) electrons. The van der Waals surface area contributed by atoms with Crippen LogP contribution in [0.2, 0.25) is 0 Å². The molecule has 0 heterocycles. The summed E-state index contributed by atoms with van der Waals surface area (Å²) in [5, 5.41) is 21.5. The Balaban J connectivity index is 1.82. The zero-order chi connectivity index (χ0) is 24.5. The van der Waals surface area contributed by atoms with E-state index in [-0.39, 0.29) is 18.1 Å². The molecule has 3 aromatic rings. The van der Waals surface area contributed by atoms with Crippen molar-refractivity contribution in [1.29, 1.82) is 5.26 Å². The Morgan fingerprint density at radius 3 is 2.29 bits per heavy atom. The van der Waals surface area contributed by atoms with E-state index in [1.807, 2.05) is 25.1 Å². The number of para-hydroxylation sites is 1. The largest absolute Gasteiger partial charge is 0.490 e. The van der Waals surface area contributed by atoms with Crippen LogP contribution >= 0.6 is 15.9 Å². The third-order valence-corrected chi connectivity index (χ3v) is 5.33. The van der Waals surface area contributed by atoms with E-state index in [2.05, 4.69) is 27.3 Å². The third kappa shape index (κ3) is 6.47. The molecule has 0 bridgehead atoms. The summed E-state index contributed by atoms with van der Waals surface area (Å²) in [6.45, 7) is 1.99. The number of carboxylic acid groups (broad SMARTS) is 1. The Kier molecular flexibility index (Phi) is 8.43. The van der Waals surface area contributed by atoms with Gasteiger partial charge in [-0.2, -0.15) is 5.26 Å². The van der Waals surface area contributed by atoms with Gasteiger partial charge in [0.05, 0.1) is 23.8 Å². The van der Waals surface area contributed by atoms with Crippen molar-refractivity contribution in [3.63, 3.8) is 0 Å². The van der Waals surface area contributed by atoms with Crippen LogP contribution in [0.25, 0.3) is 11.6 Å². The molecular formula is C26H21BrN2O5. The lowest BCUT2D eigenvalue weighted by molar-refractivity contribution is -0.118. The molecule has 0 aliphatic heterocycles. The second-order valence-electron chi connectivity index (χ2n) is 7.01. The van der Waals surface area contributed by atoms with E-state index >= 15 is 0 Å². The van der Waals surface area contributed by atoms with Gasteiger partial charge in [0, 0.05) is 10.2 Å². The topological polar surface area (TPSA) is 109 Å². The number of carbonyl (C=O) groups is 2. The summed E-state index contributed by atoms with van der Waals surface area (Å²) in [6.07, 6.45) is 1.66. The molecule has 34 heavy (non-hydrogen) atoms. The van der Waals surface area contributed by atoms with Crippen LogP contribution in [0.5, 0.6) is 11.5 Å². The van der Waals surface area contributed by atoms with Crippen molar-refractivity contribution in [3.05, 3.63) is 87.9 Å². The summed E-state index contributed by atoms with van der Waals surface area (Å²) >= 11 is 3.49. The van der Waals surface area contributed by atoms with Crippen molar-refractivity contribution < 1.29 is 24.2 Å². The molecule has 0 aromatic heterocycles. The van der Waals surface area contributed by atoms with Crippen LogP contribution in [0.1, 0.15) is 28.4 Å². The summed E-state index contributed by atoms with van der Waals surface area (Å²) in [4.78, 5) is 23.3. The lowest BCUT2D eigenvalue weighted by Gasteiger charge is -2.14. The Hall–Kier alpha value is -4.09. The molecule has 0 atom stereocenters. The number of amides is 1. The SMILES string of the molecule is CCOc1cc(/C=C(/C#N)c2ccc(C(=O)O)cc2)c(Br)cc1OCC(=O)Nc1ccccc1. The Bertz CT molecular complexity index is 1250. The Morgan fingerprint density at radius 1 is 1.03 bits per heavy atom. The van der Waals surface area contributed by atoms with E-state index in [4.69, 9.17) is 14.6 Å². The molecule has 3 aromatic carbocycles. The van der Waals surface area contributed by atoms with Gasteiger partial charge >= 0.3 is 5.97 Å². The molecular weight excluding hydrogens is 500 g/mol. The number of nitrogens with one attached hydrogen (secondary N) is 1. The van der Waals surface area contributed by atoms with Crippen molar-refractivity contribution in [1.82, 2.24) is 0 Å². The van der Waals surface area contributed by atoms with Gasteiger partial charge in [-0.25, -0.2) is 4.79 Å². The average molecular weight is 521 g/mol. The lowest BCUT2D eigenvalue weighted by atomic mass is 10.0. The van der Waals surface area contributed by atoms with Crippen molar-refractivity contribution in [2.24, 2.45) is 0 Å². The zero-order valence-electron chi connectivity index (χ0n) is 18.2. The van der Waals surface area contributed by atoms with Crippen molar-refractivity contribution in [2.45, 2.75) is 6.92 Å². The smallest absolute Gasteiger partial charge is 0.335 e. The number of halogens is 1. The highest BCUT2D eigenvalue weighted by molar-refractivity contribution is 9.10. The zero-order valence-corrected chi connectivity index (χ0v) is 19.8. The molecule has 8 heteroatoms. The molecule has 0 aliphatic rings. The molecule has 2 N–H and O–H groups in total. The second-order valence-corrected chi connectivity index (χ2v) is 7.86. The first kappa shape index (κ1) is 24.6. The number of benzene rings is 3. The van der Waals surface area contributed by atoms with Gasteiger partial charge in [-0.15, -0.1) is 0 Å². The third-order valence-electron chi connectivity index (χ3n) is 4.64. The summed E-state index contributed by atoms with van der Waals surface area (Å²) in [5.74, 6) is -0.558. The van der Waals surface area contributed by atoms with Gasteiger partial charge in [-0.1, -0.05) is 46.3 Å². The van der Waals surface area contributed by atoms with Crippen molar-refractivity contribution in [3.8, 4) is 17.6 Å². The number of nitrogens with zero attached hydrogens (tertiary/aromatic N) is 1. The molecule has 0 spiro atoms. The minimum atomic E-state index is -1.04. The minimum absolute atomic E-state index is 0.138. The van der Waals surface area contributed by atoms with E-state index in [0.29, 0.717) is 45.0 Å². The van der Waals surface area contributed by atoms with Crippen LogP contribution in [0.4, 0.5) is 5.69 Å². The van der Waals surface area contributed by atoms with Crippen molar-refractivity contribution >= 4 is 45.1 Å². The van der Waals surface area contributed by atoms with Gasteiger partial charge in [0.2, 0.25) is 0 Å². The first-order valence-electron chi connectivity index (χ1n) is 10.3. The molecule has 1 amide bonds. The normalized spacial score (nSPS) is 10.8. The maximum atomic E-state index is 12.2. The summed E-state index contributed by atoms with van der Waals surface area (Å²) in [7, 11) is 0. The number of anilines is 1. The average Bonchev–Trinajstić information content (AvgIpc) is 2.84. The second kappa shape index (κ2) is 11.7. The molecule has 0 fully saturated rings. The predicted molar refractivity (Wildman–Crippen MR) is 133 cm³/mol. The number of hydrogen-bond donors (Lipinski definition) is 2. The maximum absolute atomic E-state index is 12.2. The van der Waals surface area contributed by atoms with Crippen LogP contribution in [-0.2, 0) is 4.79 Å². The highest BCUT2D eigenvalue weighted by Gasteiger charge is 2.13. The van der Waals surface area contributed by atoms with Crippen molar-refractivity contribution in [2.75, 3.05) is 18.5 Å². The molecule has 0 saturated heterocycles. The van der Waals surface area contributed by atoms with Gasteiger partial charge in [0.1, 0.15) is 0 Å². The predicted octanol–water partition coefficient (Wildman–Crippen LogP) is 5.63. The van der Waals surface area contributed by atoms with E-state index in [9.17, 15) is 14.9 Å². The summed E-state index contributed by atoms with van der Waals surface area (Å²) < 4.78 is 12.0. The number of nitriles is 1. The van der Waals surface area contributed by atoms with Crippen LogP contribution in [0.15, 0.2) is 71.2 Å². The fourth-order valence-corrected chi connectivity index (χ4v) is 3.47. The summed E-state index contributed by atoms with van der Waals surface area (Å²) in [6, 6.07) is 20.6. The minimum Gasteiger partial charge on any atom is -0.490 e. The van der Waals surface area contributed by atoms with Crippen LogP contribution < -0.4 is 14.8 Å². The number of ether oxygens (including phenoxy) is 2. The number of aromatic carboxylic acids is 1. The molecule has 0 unspecified atom stereocenters. The van der Waals surface area contributed by atoms with E-state index in [0.717, 1.165) is 0 Å². The first-order valence-corrected chi connectivity index (χ1v) is 11.1. The Morgan fingerprint density at radius 2 is 1.68 bits per heavy atom. The molecule has 0 saturated carbocycles. The van der Waals surface area contributed by atoms with Crippen LogP contribution in [0, 0.1) is 11.3 Å². The standard InChI is InChI=1S/C26H21BrN2O5/c1-2-33-23-13-19(12-20(15-28)17-8-10-18(11-9-17)26(31)32)22(27)14-24(23)34-16-25(30)29-21-6-4-3-5-7-21/h3-14H,2,16H2,1H3,(H,29,30)(H,31,32)/b20-12-. The van der Waals surface area contributed by atoms with Gasteiger partial charge in [-0.3, -0.25) is 4.79 Å². The molecule has 0 aliphatic carbocycles. The first-order chi connectivity index (χ1) is 16.4. The Labute approximate surface area is 205 Å². The van der Waals surface area contributed by atoms with E-state index < -0.39 is 5.97 Å².